The lowest BCUT2D eigenvalue weighted by Crippen LogP contribution is -2.38. The summed E-state index contributed by atoms with van der Waals surface area (Å²) < 4.78 is 10.7. The normalized spacial score (nSPS) is 17.7. The minimum absolute atomic E-state index is 0.00517. The van der Waals surface area contributed by atoms with Crippen LogP contribution in [0, 0.1) is 5.92 Å². The van der Waals surface area contributed by atoms with E-state index in [1.807, 2.05) is 36.4 Å². The maximum atomic E-state index is 12.8. The Labute approximate surface area is 165 Å². The van der Waals surface area contributed by atoms with E-state index in [9.17, 15) is 4.79 Å². The number of carbonyl (C=O) groups excluding carboxylic acids is 1. The minimum Gasteiger partial charge on any atom is -0.497 e. The molecule has 2 aromatic rings. The van der Waals surface area contributed by atoms with Crippen LogP contribution in [0.1, 0.15) is 24.4 Å². The maximum Gasteiger partial charge on any atom is 0.319 e. The number of morpholine rings is 1. The van der Waals surface area contributed by atoms with Crippen molar-refractivity contribution in [1.29, 1.82) is 0 Å². The summed E-state index contributed by atoms with van der Waals surface area (Å²) in [6, 6.07) is 11.4. The van der Waals surface area contributed by atoms with Crippen molar-refractivity contribution in [2.24, 2.45) is 5.92 Å². The molecule has 2 heterocycles. The fourth-order valence-electron chi connectivity index (χ4n) is 3.54. The second-order valence-electron chi connectivity index (χ2n) is 7.16. The average molecular weight is 382 g/mol. The molecule has 1 saturated heterocycles. The first-order valence-electron chi connectivity index (χ1n) is 9.74. The number of urea groups is 1. The summed E-state index contributed by atoms with van der Waals surface area (Å²) >= 11 is 0. The third-order valence-corrected chi connectivity index (χ3v) is 5.20. The van der Waals surface area contributed by atoms with E-state index in [0.29, 0.717) is 24.8 Å². The second-order valence-corrected chi connectivity index (χ2v) is 7.16. The number of rotatable bonds is 6. The van der Waals surface area contributed by atoms with E-state index in [4.69, 9.17) is 9.47 Å². The van der Waals surface area contributed by atoms with Gasteiger partial charge < -0.3 is 25.0 Å². The zero-order chi connectivity index (χ0) is 19.3. The number of methoxy groups -OCH3 is 1. The molecule has 2 N–H and O–H groups in total. The SMILES string of the molecule is COc1ccc(C(NC(=O)Nc2cccnc2N2CCOCC2)C2CC2)cc1. The van der Waals surface area contributed by atoms with Gasteiger partial charge in [-0.1, -0.05) is 12.1 Å². The van der Waals surface area contributed by atoms with Gasteiger partial charge in [0.1, 0.15) is 5.75 Å². The van der Waals surface area contributed by atoms with Crippen LogP contribution in [0.2, 0.25) is 0 Å². The highest BCUT2D eigenvalue weighted by atomic mass is 16.5. The van der Waals surface area contributed by atoms with E-state index in [2.05, 4.69) is 20.5 Å². The predicted octanol–water partition coefficient (Wildman–Crippen LogP) is 3.20. The van der Waals surface area contributed by atoms with Crippen LogP contribution in [0.3, 0.4) is 0 Å². The van der Waals surface area contributed by atoms with Crippen molar-refractivity contribution in [3.05, 3.63) is 48.2 Å². The minimum atomic E-state index is -0.213. The number of ether oxygens (including phenoxy) is 2. The molecule has 4 rings (SSSR count). The lowest BCUT2D eigenvalue weighted by molar-refractivity contribution is 0.122. The Morgan fingerprint density at radius 1 is 1.21 bits per heavy atom. The summed E-state index contributed by atoms with van der Waals surface area (Å²) in [6.45, 7) is 2.88. The highest BCUT2D eigenvalue weighted by Gasteiger charge is 2.33. The molecule has 2 fully saturated rings. The van der Waals surface area contributed by atoms with Crippen molar-refractivity contribution >= 4 is 17.5 Å². The van der Waals surface area contributed by atoms with Gasteiger partial charge >= 0.3 is 6.03 Å². The Morgan fingerprint density at radius 2 is 1.96 bits per heavy atom. The number of benzene rings is 1. The van der Waals surface area contributed by atoms with E-state index >= 15 is 0 Å². The van der Waals surface area contributed by atoms with Gasteiger partial charge in [-0.05, 0) is 48.6 Å². The third kappa shape index (κ3) is 4.36. The van der Waals surface area contributed by atoms with Crippen molar-refractivity contribution in [2.45, 2.75) is 18.9 Å². The molecule has 2 aliphatic rings. The smallest absolute Gasteiger partial charge is 0.319 e. The fraction of sp³-hybridized carbons (Fsp3) is 0.429. The van der Waals surface area contributed by atoms with Crippen molar-refractivity contribution in [2.75, 3.05) is 43.6 Å². The summed E-state index contributed by atoms with van der Waals surface area (Å²) in [4.78, 5) is 19.4. The van der Waals surface area contributed by atoms with Gasteiger partial charge in [-0.3, -0.25) is 0 Å². The van der Waals surface area contributed by atoms with Gasteiger partial charge in [0.05, 0.1) is 32.1 Å². The lowest BCUT2D eigenvalue weighted by atomic mass is 10.0. The Bertz CT molecular complexity index is 802. The average Bonchev–Trinajstić information content (AvgIpc) is 3.58. The van der Waals surface area contributed by atoms with Gasteiger partial charge in [-0.25, -0.2) is 9.78 Å². The van der Waals surface area contributed by atoms with Gasteiger partial charge in [0, 0.05) is 19.3 Å². The summed E-state index contributed by atoms with van der Waals surface area (Å²) in [5.74, 6) is 2.08. The molecule has 0 radical (unpaired) electrons. The highest BCUT2D eigenvalue weighted by molar-refractivity contribution is 5.92. The lowest BCUT2D eigenvalue weighted by Gasteiger charge is -2.29. The van der Waals surface area contributed by atoms with Crippen molar-refractivity contribution in [1.82, 2.24) is 10.3 Å². The number of pyridine rings is 1. The first-order chi connectivity index (χ1) is 13.7. The molecule has 1 aromatic carbocycles. The molecule has 1 atom stereocenters. The van der Waals surface area contributed by atoms with E-state index < -0.39 is 0 Å². The van der Waals surface area contributed by atoms with Crippen LogP contribution in [0.5, 0.6) is 5.75 Å². The number of carbonyl (C=O) groups is 1. The molecule has 28 heavy (non-hydrogen) atoms. The molecular formula is C21H26N4O3. The molecule has 1 unspecified atom stereocenters. The molecule has 7 nitrogen and oxygen atoms in total. The van der Waals surface area contributed by atoms with Crippen LogP contribution in [-0.4, -0.2) is 44.4 Å². The number of hydrogen-bond acceptors (Lipinski definition) is 5. The van der Waals surface area contributed by atoms with Crippen LogP contribution in [-0.2, 0) is 4.74 Å². The van der Waals surface area contributed by atoms with Crippen molar-refractivity contribution < 1.29 is 14.3 Å². The Morgan fingerprint density at radius 3 is 2.64 bits per heavy atom. The molecule has 2 amide bonds. The van der Waals surface area contributed by atoms with Gasteiger partial charge in [0.25, 0.3) is 0 Å². The zero-order valence-electron chi connectivity index (χ0n) is 16.1. The first-order valence-corrected chi connectivity index (χ1v) is 9.74. The second kappa shape index (κ2) is 8.48. The summed E-state index contributed by atoms with van der Waals surface area (Å²) in [7, 11) is 1.65. The molecule has 1 saturated carbocycles. The monoisotopic (exact) mass is 382 g/mol. The standard InChI is InChI=1S/C21H26N4O3/c1-27-17-8-6-16(7-9-17)19(15-4-5-15)24-21(26)23-18-3-2-10-22-20(18)25-11-13-28-14-12-25/h2-3,6-10,15,19H,4-5,11-14H2,1H3,(H2,23,24,26). The van der Waals surface area contributed by atoms with Gasteiger partial charge in [-0.15, -0.1) is 0 Å². The van der Waals surface area contributed by atoms with Crippen molar-refractivity contribution in [3.63, 3.8) is 0 Å². The van der Waals surface area contributed by atoms with Gasteiger partial charge in [0.2, 0.25) is 0 Å². The van der Waals surface area contributed by atoms with Gasteiger partial charge in [-0.2, -0.15) is 0 Å². The number of nitrogens with one attached hydrogen (secondary N) is 2. The maximum absolute atomic E-state index is 12.8. The Hall–Kier alpha value is -2.80. The molecule has 0 bridgehead atoms. The number of aromatic nitrogens is 1. The van der Waals surface area contributed by atoms with Gasteiger partial charge in [0.15, 0.2) is 5.82 Å². The first kappa shape index (κ1) is 18.6. The quantitative estimate of drug-likeness (QED) is 0.802. The molecule has 1 aliphatic carbocycles. The number of hydrogen-bond donors (Lipinski definition) is 2. The van der Waals surface area contributed by atoms with E-state index in [1.54, 1.807) is 13.3 Å². The van der Waals surface area contributed by atoms with E-state index in [1.165, 1.54) is 0 Å². The molecule has 1 aliphatic heterocycles. The molecule has 0 spiro atoms. The topological polar surface area (TPSA) is 75.7 Å². The fourth-order valence-corrected chi connectivity index (χ4v) is 3.54. The molecular weight excluding hydrogens is 356 g/mol. The number of amides is 2. The number of nitrogens with zero attached hydrogens (tertiary/aromatic N) is 2. The molecule has 1 aromatic heterocycles. The summed E-state index contributed by atoms with van der Waals surface area (Å²) in [5.41, 5.74) is 1.81. The molecule has 148 valence electrons. The van der Waals surface area contributed by atoms with Crippen LogP contribution >= 0.6 is 0 Å². The molecule has 7 heteroatoms. The summed E-state index contributed by atoms with van der Waals surface area (Å²) in [6.07, 6.45) is 4.00. The van der Waals surface area contributed by atoms with Crippen LogP contribution in [0.15, 0.2) is 42.6 Å². The number of anilines is 2. The highest BCUT2D eigenvalue weighted by Crippen LogP contribution is 2.41. The zero-order valence-corrected chi connectivity index (χ0v) is 16.1. The van der Waals surface area contributed by atoms with E-state index in [0.717, 1.165) is 43.1 Å². The van der Waals surface area contributed by atoms with Crippen LogP contribution in [0.4, 0.5) is 16.3 Å². The Balaban J connectivity index is 1.45. The largest absolute Gasteiger partial charge is 0.497 e. The third-order valence-electron chi connectivity index (χ3n) is 5.20. The van der Waals surface area contributed by atoms with Crippen LogP contribution in [0.25, 0.3) is 0 Å². The summed E-state index contributed by atoms with van der Waals surface area (Å²) in [5, 5.41) is 6.14. The van der Waals surface area contributed by atoms with E-state index in [-0.39, 0.29) is 12.1 Å². The predicted molar refractivity (Wildman–Crippen MR) is 108 cm³/mol. The van der Waals surface area contributed by atoms with Crippen LogP contribution < -0.4 is 20.3 Å². The van der Waals surface area contributed by atoms with Crippen molar-refractivity contribution in [3.8, 4) is 5.75 Å². The Kier molecular flexibility index (Phi) is 5.62.